The molecule has 0 aliphatic carbocycles. The molecular formula is C24H23ClFN5O3. The van der Waals surface area contributed by atoms with Crippen molar-refractivity contribution >= 4 is 34.4 Å². The summed E-state index contributed by atoms with van der Waals surface area (Å²) in [6.45, 7) is 4.20. The minimum absolute atomic E-state index is 0.154. The highest BCUT2D eigenvalue weighted by Crippen LogP contribution is 2.19. The van der Waals surface area contributed by atoms with Crippen LogP contribution in [0, 0.1) is 11.7 Å². The summed E-state index contributed by atoms with van der Waals surface area (Å²) >= 11 is 5.77. The number of aromatic nitrogens is 4. The molecule has 0 saturated carbocycles. The molecule has 0 saturated heterocycles. The molecule has 2 aromatic carbocycles. The maximum atomic E-state index is 13.4. The molecule has 2 heterocycles. The SMILES string of the molecule is CC(C)Cn1cnc2c1c(=O)n(CC(=O)Nc1ccc(F)c(Cl)c1)c(=O)n2Cc1ccccc1. The average molecular weight is 484 g/mol. The minimum atomic E-state index is -0.650. The van der Waals surface area contributed by atoms with E-state index >= 15 is 0 Å². The summed E-state index contributed by atoms with van der Waals surface area (Å²) in [6.07, 6.45) is 1.54. The molecule has 0 radical (unpaired) electrons. The van der Waals surface area contributed by atoms with E-state index in [4.69, 9.17) is 11.6 Å². The molecule has 8 nitrogen and oxygen atoms in total. The lowest BCUT2D eigenvalue weighted by Gasteiger charge is -2.14. The van der Waals surface area contributed by atoms with Crippen LogP contribution in [0.3, 0.4) is 0 Å². The van der Waals surface area contributed by atoms with Crippen molar-refractivity contribution in [1.29, 1.82) is 0 Å². The van der Waals surface area contributed by atoms with Gasteiger partial charge in [0.05, 0.1) is 17.9 Å². The first-order valence-electron chi connectivity index (χ1n) is 10.7. The number of nitrogens with zero attached hydrogens (tertiary/aromatic N) is 4. The van der Waals surface area contributed by atoms with Gasteiger partial charge in [0.15, 0.2) is 11.2 Å². The van der Waals surface area contributed by atoms with Gasteiger partial charge in [0, 0.05) is 12.2 Å². The normalized spacial score (nSPS) is 11.3. The molecule has 0 unspecified atom stereocenters. The second kappa shape index (κ2) is 9.64. The van der Waals surface area contributed by atoms with Crippen LogP contribution in [0.15, 0.2) is 64.4 Å². The van der Waals surface area contributed by atoms with E-state index in [0.29, 0.717) is 6.54 Å². The van der Waals surface area contributed by atoms with Crippen molar-refractivity contribution in [3.63, 3.8) is 0 Å². The van der Waals surface area contributed by atoms with E-state index in [-0.39, 0.29) is 34.3 Å². The number of hydrogen-bond donors (Lipinski definition) is 1. The number of amides is 1. The monoisotopic (exact) mass is 483 g/mol. The number of nitrogens with one attached hydrogen (secondary N) is 1. The van der Waals surface area contributed by atoms with E-state index in [1.54, 1.807) is 4.57 Å². The molecule has 0 bridgehead atoms. The first kappa shape index (κ1) is 23.4. The highest BCUT2D eigenvalue weighted by atomic mass is 35.5. The Hall–Kier alpha value is -3.72. The molecule has 0 fully saturated rings. The van der Waals surface area contributed by atoms with E-state index < -0.39 is 29.5 Å². The van der Waals surface area contributed by atoms with Crippen LogP contribution in [0.2, 0.25) is 5.02 Å². The van der Waals surface area contributed by atoms with Gasteiger partial charge in [0.25, 0.3) is 5.56 Å². The summed E-state index contributed by atoms with van der Waals surface area (Å²) in [7, 11) is 0. The van der Waals surface area contributed by atoms with Crippen LogP contribution in [0.4, 0.5) is 10.1 Å². The van der Waals surface area contributed by atoms with Gasteiger partial charge >= 0.3 is 5.69 Å². The van der Waals surface area contributed by atoms with Crippen molar-refractivity contribution < 1.29 is 9.18 Å². The number of fused-ring (bicyclic) bond motifs is 1. The number of carbonyl (C=O) groups excluding carboxylic acids is 1. The Morgan fingerprint density at radius 3 is 2.53 bits per heavy atom. The lowest BCUT2D eigenvalue weighted by Crippen LogP contribution is -2.43. The van der Waals surface area contributed by atoms with Gasteiger partial charge < -0.3 is 9.88 Å². The van der Waals surface area contributed by atoms with Crippen molar-refractivity contribution in [2.75, 3.05) is 5.32 Å². The third-order valence-corrected chi connectivity index (χ3v) is 5.52. The lowest BCUT2D eigenvalue weighted by molar-refractivity contribution is -0.116. The van der Waals surface area contributed by atoms with Gasteiger partial charge in [-0.25, -0.2) is 18.7 Å². The third-order valence-electron chi connectivity index (χ3n) is 5.23. The Morgan fingerprint density at radius 2 is 1.85 bits per heavy atom. The molecule has 0 atom stereocenters. The van der Waals surface area contributed by atoms with Gasteiger partial charge in [-0.05, 0) is 29.7 Å². The van der Waals surface area contributed by atoms with Gasteiger partial charge in [0.2, 0.25) is 5.91 Å². The zero-order chi connectivity index (χ0) is 24.4. The van der Waals surface area contributed by atoms with E-state index in [2.05, 4.69) is 10.3 Å². The molecule has 4 rings (SSSR count). The zero-order valence-electron chi connectivity index (χ0n) is 18.7. The Balaban J connectivity index is 1.78. The average Bonchev–Trinajstić information content (AvgIpc) is 3.20. The number of carbonyl (C=O) groups is 1. The summed E-state index contributed by atoms with van der Waals surface area (Å²) in [5, 5.41) is 2.40. The fourth-order valence-corrected chi connectivity index (χ4v) is 3.92. The highest BCUT2D eigenvalue weighted by Gasteiger charge is 2.20. The topological polar surface area (TPSA) is 90.9 Å². The van der Waals surface area contributed by atoms with Crippen molar-refractivity contribution in [2.45, 2.75) is 33.5 Å². The number of benzene rings is 2. The van der Waals surface area contributed by atoms with Gasteiger partial charge in [-0.1, -0.05) is 55.8 Å². The highest BCUT2D eigenvalue weighted by molar-refractivity contribution is 6.31. The predicted molar refractivity (Wildman–Crippen MR) is 129 cm³/mol. The Morgan fingerprint density at radius 1 is 1.12 bits per heavy atom. The maximum absolute atomic E-state index is 13.4. The molecule has 4 aromatic rings. The van der Waals surface area contributed by atoms with Crippen LogP contribution < -0.4 is 16.6 Å². The number of hydrogen-bond acceptors (Lipinski definition) is 4. The van der Waals surface area contributed by atoms with Crippen LogP contribution in [0.25, 0.3) is 11.2 Å². The number of imidazole rings is 1. The lowest BCUT2D eigenvalue weighted by atomic mass is 10.2. The fourth-order valence-electron chi connectivity index (χ4n) is 3.74. The van der Waals surface area contributed by atoms with Gasteiger partial charge in [0.1, 0.15) is 12.4 Å². The second-order valence-electron chi connectivity index (χ2n) is 8.39. The molecule has 176 valence electrons. The molecule has 0 aliphatic rings. The quantitative estimate of drug-likeness (QED) is 0.435. The van der Waals surface area contributed by atoms with Crippen molar-refractivity contribution in [1.82, 2.24) is 18.7 Å². The molecule has 1 N–H and O–H groups in total. The Kier molecular flexibility index (Phi) is 6.65. The van der Waals surface area contributed by atoms with Crippen LogP contribution in [0.1, 0.15) is 19.4 Å². The minimum Gasteiger partial charge on any atom is -0.324 e. The smallest absolute Gasteiger partial charge is 0.324 e. The molecular weight excluding hydrogens is 461 g/mol. The van der Waals surface area contributed by atoms with Gasteiger partial charge in [-0.2, -0.15) is 0 Å². The fraction of sp³-hybridized carbons (Fsp3) is 0.250. The molecule has 0 aliphatic heterocycles. The number of halogens is 2. The number of rotatable bonds is 7. The van der Waals surface area contributed by atoms with E-state index in [0.717, 1.165) is 16.2 Å². The zero-order valence-corrected chi connectivity index (χ0v) is 19.4. The Bertz CT molecular complexity index is 1470. The summed E-state index contributed by atoms with van der Waals surface area (Å²) in [5.41, 5.74) is 0.362. The summed E-state index contributed by atoms with van der Waals surface area (Å²) in [5.74, 6) is -1.02. The van der Waals surface area contributed by atoms with Gasteiger partial charge in [-0.3, -0.25) is 14.2 Å². The molecule has 0 spiro atoms. The van der Waals surface area contributed by atoms with Crippen molar-refractivity contribution in [3.05, 3.63) is 92.1 Å². The maximum Gasteiger partial charge on any atom is 0.333 e. The first-order chi connectivity index (χ1) is 16.2. The molecule has 1 amide bonds. The Labute approximate surface area is 199 Å². The van der Waals surface area contributed by atoms with Crippen molar-refractivity contribution in [2.24, 2.45) is 5.92 Å². The standard InChI is InChI=1S/C24H23ClFN5O3/c1-15(2)11-29-14-27-22-21(29)23(33)31(24(34)30(22)12-16-6-4-3-5-7-16)13-20(32)28-17-8-9-19(26)18(25)10-17/h3-10,14-15H,11-13H2,1-2H3,(H,28,32). The summed E-state index contributed by atoms with van der Waals surface area (Å²) < 4.78 is 17.4. The second-order valence-corrected chi connectivity index (χ2v) is 8.79. The molecule has 10 heteroatoms. The molecule has 34 heavy (non-hydrogen) atoms. The molecule has 2 aromatic heterocycles. The predicted octanol–water partition coefficient (Wildman–Crippen LogP) is 3.50. The van der Waals surface area contributed by atoms with Crippen molar-refractivity contribution in [3.8, 4) is 0 Å². The largest absolute Gasteiger partial charge is 0.333 e. The van der Waals surface area contributed by atoms with Crippen LogP contribution in [-0.4, -0.2) is 24.6 Å². The summed E-state index contributed by atoms with van der Waals surface area (Å²) in [6, 6.07) is 13.0. The van der Waals surface area contributed by atoms with E-state index in [1.807, 2.05) is 44.2 Å². The third kappa shape index (κ3) is 4.79. The number of anilines is 1. The van der Waals surface area contributed by atoms with Crippen LogP contribution in [-0.2, 0) is 24.4 Å². The van der Waals surface area contributed by atoms with Gasteiger partial charge in [-0.15, -0.1) is 0 Å². The first-order valence-corrected chi connectivity index (χ1v) is 11.1. The van der Waals surface area contributed by atoms with E-state index in [9.17, 15) is 18.8 Å². The van der Waals surface area contributed by atoms with E-state index in [1.165, 1.54) is 23.0 Å². The van der Waals surface area contributed by atoms with Crippen LogP contribution in [0.5, 0.6) is 0 Å². The summed E-state index contributed by atoms with van der Waals surface area (Å²) in [4.78, 5) is 43.8. The van der Waals surface area contributed by atoms with Crippen LogP contribution >= 0.6 is 11.6 Å².